The van der Waals surface area contributed by atoms with Crippen LogP contribution in [0, 0.1) is 23.3 Å². The van der Waals surface area contributed by atoms with Gasteiger partial charge in [-0.2, -0.15) is 0 Å². The number of rotatable bonds is 1. The molecule has 0 atom stereocenters. The predicted octanol–water partition coefficient (Wildman–Crippen LogP) is 3.49. The van der Waals surface area contributed by atoms with Crippen molar-refractivity contribution in [3.63, 3.8) is 0 Å². The quantitative estimate of drug-likeness (QED) is 0.600. The Kier molecular flexibility index (Phi) is 2.75. The summed E-state index contributed by atoms with van der Waals surface area (Å²) in [4.78, 5) is 0. The highest BCUT2D eigenvalue weighted by atomic mass is 19.1. The van der Waals surface area contributed by atoms with Gasteiger partial charge >= 0.3 is 0 Å². The van der Waals surface area contributed by atoms with E-state index in [1.165, 1.54) is 0 Å². The van der Waals surface area contributed by atoms with E-state index in [0.717, 1.165) is 18.2 Å². The third kappa shape index (κ3) is 1.95. The van der Waals surface area contributed by atoms with Gasteiger partial charge in [-0.25, -0.2) is 17.6 Å². The van der Waals surface area contributed by atoms with E-state index in [4.69, 9.17) is 5.73 Å². The maximum atomic E-state index is 13.5. The SMILES string of the molecule is Nc1cc(F)c(-c2c(F)cccc2F)cc1F. The molecule has 0 aliphatic carbocycles. The van der Waals surface area contributed by atoms with Crippen LogP contribution in [0.2, 0.25) is 0 Å². The van der Waals surface area contributed by atoms with Gasteiger partial charge in [0.1, 0.15) is 23.3 Å². The van der Waals surface area contributed by atoms with Gasteiger partial charge in [-0.05, 0) is 18.2 Å². The number of anilines is 1. The van der Waals surface area contributed by atoms with Crippen LogP contribution in [-0.4, -0.2) is 0 Å². The second-order valence-corrected chi connectivity index (χ2v) is 3.45. The molecule has 5 heteroatoms. The van der Waals surface area contributed by atoms with Gasteiger partial charge in [0.2, 0.25) is 0 Å². The summed E-state index contributed by atoms with van der Waals surface area (Å²) in [6.45, 7) is 0. The molecule has 0 saturated carbocycles. The first kappa shape index (κ1) is 11.4. The summed E-state index contributed by atoms with van der Waals surface area (Å²) in [7, 11) is 0. The molecule has 2 rings (SSSR count). The molecular formula is C12H7F4N. The largest absolute Gasteiger partial charge is 0.396 e. The third-order valence-corrected chi connectivity index (χ3v) is 2.32. The van der Waals surface area contributed by atoms with Gasteiger partial charge in [0.05, 0.1) is 11.3 Å². The second-order valence-electron chi connectivity index (χ2n) is 3.45. The van der Waals surface area contributed by atoms with E-state index in [9.17, 15) is 17.6 Å². The van der Waals surface area contributed by atoms with E-state index in [1.807, 2.05) is 0 Å². The number of hydrogen-bond acceptors (Lipinski definition) is 1. The maximum absolute atomic E-state index is 13.5. The summed E-state index contributed by atoms with van der Waals surface area (Å²) in [5.74, 6) is -3.84. The molecule has 2 N–H and O–H groups in total. The van der Waals surface area contributed by atoms with Gasteiger partial charge in [-0.3, -0.25) is 0 Å². The molecule has 0 aliphatic rings. The minimum absolute atomic E-state index is 0.414. The van der Waals surface area contributed by atoms with E-state index in [1.54, 1.807) is 0 Å². The normalized spacial score (nSPS) is 10.6. The van der Waals surface area contributed by atoms with Crippen LogP contribution >= 0.6 is 0 Å². The van der Waals surface area contributed by atoms with Crippen molar-refractivity contribution in [2.45, 2.75) is 0 Å². The van der Waals surface area contributed by atoms with Crippen molar-refractivity contribution in [1.82, 2.24) is 0 Å². The van der Waals surface area contributed by atoms with Crippen molar-refractivity contribution in [2.24, 2.45) is 0 Å². The first-order valence-corrected chi connectivity index (χ1v) is 4.69. The molecule has 0 fully saturated rings. The molecule has 0 radical (unpaired) electrons. The summed E-state index contributed by atoms with van der Waals surface area (Å²) in [5, 5.41) is 0. The zero-order chi connectivity index (χ0) is 12.6. The van der Waals surface area contributed by atoms with Crippen LogP contribution in [0.3, 0.4) is 0 Å². The van der Waals surface area contributed by atoms with Crippen molar-refractivity contribution in [1.29, 1.82) is 0 Å². The zero-order valence-electron chi connectivity index (χ0n) is 8.48. The molecule has 0 aromatic heterocycles. The summed E-state index contributed by atoms with van der Waals surface area (Å²) < 4.78 is 53.4. The number of hydrogen-bond donors (Lipinski definition) is 1. The Morgan fingerprint density at radius 3 is 1.94 bits per heavy atom. The highest BCUT2D eigenvalue weighted by molar-refractivity contribution is 5.67. The molecule has 1 nitrogen and oxygen atoms in total. The lowest BCUT2D eigenvalue weighted by Crippen LogP contribution is -1.97. The van der Waals surface area contributed by atoms with Crippen LogP contribution in [0.5, 0.6) is 0 Å². The van der Waals surface area contributed by atoms with Crippen molar-refractivity contribution in [2.75, 3.05) is 5.73 Å². The van der Waals surface area contributed by atoms with Crippen molar-refractivity contribution in [3.8, 4) is 11.1 Å². The molecule has 0 amide bonds. The Morgan fingerprint density at radius 2 is 1.35 bits per heavy atom. The van der Waals surface area contributed by atoms with E-state index in [2.05, 4.69) is 0 Å². The third-order valence-electron chi connectivity index (χ3n) is 2.32. The lowest BCUT2D eigenvalue weighted by Gasteiger charge is -2.07. The summed E-state index contributed by atoms with van der Waals surface area (Å²) >= 11 is 0. The fourth-order valence-electron chi connectivity index (χ4n) is 1.51. The van der Waals surface area contributed by atoms with E-state index >= 15 is 0 Å². The van der Waals surface area contributed by atoms with Crippen molar-refractivity contribution >= 4 is 5.69 Å². The van der Waals surface area contributed by atoms with Crippen LogP contribution in [0.15, 0.2) is 30.3 Å². The average molecular weight is 241 g/mol. The van der Waals surface area contributed by atoms with Crippen LogP contribution in [0.4, 0.5) is 23.2 Å². The van der Waals surface area contributed by atoms with Crippen LogP contribution in [-0.2, 0) is 0 Å². The molecule has 0 heterocycles. The van der Waals surface area contributed by atoms with Crippen LogP contribution in [0.1, 0.15) is 0 Å². The molecule has 88 valence electrons. The fraction of sp³-hybridized carbons (Fsp3) is 0. The van der Waals surface area contributed by atoms with Crippen LogP contribution in [0.25, 0.3) is 11.1 Å². The minimum atomic E-state index is -0.979. The van der Waals surface area contributed by atoms with Crippen LogP contribution < -0.4 is 5.73 Å². The molecule has 2 aromatic rings. The smallest absolute Gasteiger partial charge is 0.146 e. The second kappa shape index (κ2) is 4.08. The van der Waals surface area contributed by atoms with Gasteiger partial charge in [-0.1, -0.05) is 6.07 Å². The Morgan fingerprint density at radius 1 is 0.765 bits per heavy atom. The average Bonchev–Trinajstić information content (AvgIpc) is 2.25. The Hall–Kier alpha value is -2.04. The maximum Gasteiger partial charge on any atom is 0.146 e. The number of halogens is 4. The number of nitrogens with two attached hydrogens (primary N) is 1. The van der Waals surface area contributed by atoms with Gasteiger partial charge in [0, 0.05) is 11.6 Å². The minimum Gasteiger partial charge on any atom is -0.396 e. The van der Waals surface area contributed by atoms with E-state index in [0.29, 0.717) is 12.1 Å². The predicted molar refractivity (Wildman–Crippen MR) is 56.1 cm³/mol. The topological polar surface area (TPSA) is 26.0 Å². The first-order chi connectivity index (χ1) is 8.00. The monoisotopic (exact) mass is 241 g/mol. The molecule has 0 unspecified atom stereocenters. The Bertz CT molecular complexity index is 561. The summed E-state index contributed by atoms with van der Waals surface area (Å²) in [6, 6.07) is 4.43. The van der Waals surface area contributed by atoms with E-state index in [-0.39, 0.29) is 0 Å². The number of nitrogen functional groups attached to an aromatic ring is 1. The highest BCUT2D eigenvalue weighted by Gasteiger charge is 2.17. The first-order valence-electron chi connectivity index (χ1n) is 4.69. The van der Waals surface area contributed by atoms with Crippen molar-refractivity contribution in [3.05, 3.63) is 53.6 Å². The lowest BCUT2D eigenvalue weighted by molar-refractivity contribution is 0.578. The standard InChI is InChI=1S/C12H7F4N/c13-7-2-1-3-8(14)12(7)6-4-10(16)11(17)5-9(6)15/h1-5H,17H2. The molecule has 0 saturated heterocycles. The fourth-order valence-corrected chi connectivity index (χ4v) is 1.51. The van der Waals surface area contributed by atoms with Gasteiger partial charge in [0.15, 0.2) is 0 Å². The molecular weight excluding hydrogens is 234 g/mol. The molecule has 2 aromatic carbocycles. The molecule has 17 heavy (non-hydrogen) atoms. The molecule has 0 bridgehead atoms. The van der Waals surface area contributed by atoms with Gasteiger partial charge < -0.3 is 5.73 Å². The summed E-state index contributed by atoms with van der Waals surface area (Å²) in [6.07, 6.45) is 0. The van der Waals surface area contributed by atoms with Crippen molar-refractivity contribution < 1.29 is 17.6 Å². The molecule has 0 aliphatic heterocycles. The van der Waals surface area contributed by atoms with Gasteiger partial charge in [0.25, 0.3) is 0 Å². The molecule has 0 spiro atoms. The summed E-state index contributed by atoms with van der Waals surface area (Å²) in [5.41, 5.74) is 3.63. The Balaban J connectivity index is 2.73. The van der Waals surface area contributed by atoms with Gasteiger partial charge in [-0.15, -0.1) is 0 Å². The highest BCUT2D eigenvalue weighted by Crippen LogP contribution is 2.30. The van der Waals surface area contributed by atoms with E-state index < -0.39 is 40.1 Å². The Labute approximate surface area is 94.5 Å². The number of benzene rings is 2. The lowest BCUT2D eigenvalue weighted by atomic mass is 10.0. The zero-order valence-corrected chi connectivity index (χ0v) is 8.48.